The maximum Gasteiger partial charge on any atom is 0.159 e. The Morgan fingerprint density at radius 2 is 1.59 bits per heavy atom. The molecule has 2 aromatic rings. The van der Waals surface area contributed by atoms with Crippen molar-refractivity contribution >= 4 is 5.69 Å². The average Bonchev–Trinajstić information content (AvgIpc) is 2.27. The van der Waals surface area contributed by atoms with E-state index in [1.165, 1.54) is 18.2 Å². The van der Waals surface area contributed by atoms with Crippen LogP contribution in [0.4, 0.5) is 18.9 Å². The predicted molar refractivity (Wildman–Crippen MR) is 60.9 cm³/mol. The van der Waals surface area contributed by atoms with E-state index in [4.69, 9.17) is 5.73 Å². The van der Waals surface area contributed by atoms with E-state index in [2.05, 4.69) is 0 Å². The van der Waals surface area contributed by atoms with E-state index in [1.54, 1.807) is 6.92 Å². The molecule has 0 unspecified atom stereocenters. The number of nitrogen functional groups attached to an aromatic ring is 1. The SMILES string of the molecule is Cc1cc(F)c(-c2ccc(F)c(F)c2)cc1N. The van der Waals surface area contributed by atoms with Gasteiger partial charge in [-0.15, -0.1) is 0 Å². The van der Waals surface area contributed by atoms with Gasteiger partial charge in [0.05, 0.1) is 0 Å². The fraction of sp³-hybridized carbons (Fsp3) is 0.0769. The van der Waals surface area contributed by atoms with Crippen LogP contribution in [0.15, 0.2) is 30.3 Å². The Bertz CT molecular complexity index is 579. The molecular weight excluding hydrogens is 227 g/mol. The molecule has 2 rings (SSSR count). The number of nitrogens with two attached hydrogens (primary N) is 1. The summed E-state index contributed by atoms with van der Waals surface area (Å²) in [6, 6.07) is 5.90. The van der Waals surface area contributed by atoms with Crippen LogP contribution < -0.4 is 5.73 Å². The molecule has 0 aromatic heterocycles. The first kappa shape index (κ1) is 11.5. The maximum absolute atomic E-state index is 13.7. The van der Waals surface area contributed by atoms with Gasteiger partial charge in [0.2, 0.25) is 0 Å². The third-order valence-corrected chi connectivity index (χ3v) is 2.59. The molecule has 0 spiro atoms. The van der Waals surface area contributed by atoms with Crippen LogP contribution in [-0.2, 0) is 0 Å². The largest absolute Gasteiger partial charge is 0.398 e. The van der Waals surface area contributed by atoms with Crippen LogP contribution in [0, 0.1) is 24.4 Å². The zero-order chi connectivity index (χ0) is 12.6. The molecule has 4 heteroatoms. The zero-order valence-corrected chi connectivity index (χ0v) is 9.10. The molecule has 0 aliphatic rings. The Balaban J connectivity index is 2.60. The molecule has 0 saturated heterocycles. The van der Waals surface area contributed by atoms with Crippen molar-refractivity contribution in [1.29, 1.82) is 0 Å². The summed E-state index contributed by atoms with van der Waals surface area (Å²) >= 11 is 0. The highest BCUT2D eigenvalue weighted by Gasteiger charge is 2.10. The zero-order valence-electron chi connectivity index (χ0n) is 9.10. The van der Waals surface area contributed by atoms with Gasteiger partial charge in [-0.05, 0) is 42.3 Å². The maximum atomic E-state index is 13.7. The van der Waals surface area contributed by atoms with Crippen molar-refractivity contribution in [3.8, 4) is 11.1 Å². The van der Waals surface area contributed by atoms with Crippen LogP contribution in [0.5, 0.6) is 0 Å². The van der Waals surface area contributed by atoms with Crippen LogP contribution in [0.1, 0.15) is 5.56 Å². The highest BCUT2D eigenvalue weighted by Crippen LogP contribution is 2.28. The number of aryl methyl sites for hydroxylation is 1. The molecular formula is C13H10F3N. The first-order chi connectivity index (χ1) is 7.99. The fourth-order valence-corrected chi connectivity index (χ4v) is 1.57. The number of rotatable bonds is 1. The van der Waals surface area contributed by atoms with E-state index < -0.39 is 17.5 Å². The summed E-state index contributed by atoms with van der Waals surface area (Å²) in [6.07, 6.45) is 0. The molecule has 0 amide bonds. The van der Waals surface area contributed by atoms with Crippen molar-refractivity contribution in [2.24, 2.45) is 0 Å². The molecule has 0 heterocycles. The Kier molecular flexibility index (Phi) is 2.79. The number of hydrogen-bond donors (Lipinski definition) is 1. The Morgan fingerprint density at radius 3 is 2.24 bits per heavy atom. The Morgan fingerprint density at radius 1 is 0.882 bits per heavy atom. The van der Waals surface area contributed by atoms with Crippen LogP contribution in [0.25, 0.3) is 11.1 Å². The Hall–Kier alpha value is -1.97. The lowest BCUT2D eigenvalue weighted by atomic mass is 10.0. The molecule has 2 N–H and O–H groups in total. The summed E-state index contributed by atoms with van der Waals surface area (Å²) in [6.45, 7) is 1.67. The number of halogens is 3. The molecule has 0 saturated carbocycles. The summed E-state index contributed by atoms with van der Waals surface area (Å²) in [5.74, 6) is -2.49. The van der Waals surface area contributed by atoms with Gasteiger partial charge in [0.25, 0.3) is 0 Å². The average molecular weight is 237 g/mol. The van der Waals surface area contributed by atoms with Crippen LogP contribution >= 0.6 is 0 Å². The van der Waals surface area contributed by atoms with Crippen LogP contribution in [0.2, 0.25) is 0 Å². The Labute approximate surface area is 96.7 Å². The van der Waals surface area contributed by atoms with Crippen molar-refractivity contribution in [2.45, 2.75) is 6.92 Å². The molecule has 2 aromatic carbocycles. The van der Waals surface area contributed by atoms with Gasteiger partial charge in [0.1, 0.15) is 5.82 Å². The lowest BCUT2D eigenvalue weighted by Gasteiger charge is -2.07. The first-order valence-electron chi connectivity index (χ1n) is 5.00. The lowest BCUT2D eigenvalue weighted by Crippen LogP contribution is -1.94. The molecule has 0 fully saturated rings. The number of benzene rings is 2. The third kappa shape index (κ3) is 2.11. The normalized spacial score (nSPS) is 10.6. The predicted octanol–water partition coefficient (Wildman–Crippen LogP) is 3.66. The minimum Gasteiger partial charge on any atom is -0.398 e. The minimum atomic E-state index is -1.01. The van der Waals surface area contributed by atoms with E-state index in [0.29, 0.717) is 11.3 Å². The van der Waals surface area contributed by atoms with Crippen molar-refractivity contribution < 1.29 is 13.2 Å². The standard InChI is InChI=1S/C13H10F3N/c1-7-4-11(15)9(6-13(7)17)8-2-3-10(14)12(16)5-8/h2-6H,17H2,1H3. The van der Waals surface area contributed by atoms with Crippen molar-refractivity contribution in [1.82, 2.24) is 0 Å². The highest BCUT2D eigenvalue weighted by molar-refractivity contribution is 5.69. The highest BCUT2D eigenvalue weighted by atomic mass is 19.2. The van der Waals surface area contributed by atoms with Crippen molar-refractivity contribution in [3.63, 3.8) is 0 Å². The second-order valence-corrected chi connectivity index (χ2v) is 3.82. The topological polar surface area (TPSA) is 26.0 Å². The van der Waals surface area contributed by atoms with Gasteiger partial charge >= 0.3 is 0 Å². The molecule has 17 heavy (non-hydrogen) atoms. The molecule has 1 nitrogen and oxygen atoms in total. The summed E-state index contributed by atoms with van der Waals surface area (Å²) < 4.78 is 39.5. The summed E-state index contributed by atoms with van der Waals surface area (Å²) in [4.78, 5) is 0. The van der Waals surface area contributed by atoms with E-state index in [0.717, 1.165) is 12.1 Å². The first-order valence-corrected chi connectivity index (χ1v) is 5.00. The molecule has 0 aliphatic carbocycles. The second kappa shape index (κ2) is 4.13. The van der Waals surface area contributed by atoms with Crippen molar-refractivity contribution in [2.75, 3.05) is 5.73 Å². The minimum absolute atomic E-state index is 0.159. The molecule has 0 bridgehead atoms. The number of hydrogen-bond acceptors (Lipinski definition) is 1. The van der Waals surface area contributed by atoms with Crippen LogP contribution in [-0.4, -0.2) is 0 Å². The van der Waals surface area contributed by atoms with Crippen molar-refractivity contribution in [3.05, 3.63) is 53.3 Å². The van der Waals surface area contributed by atoms with Gasteiger partial charge in [-0.2, -0.15) is 0 Å². The second-order valence-electron chi connectivity index (χ2n) is 3.82. The fourth-order valence-electron chi connectivity index (χ4n) is 1.57. The molecule has 0 radical (unpaired) electrons. The molecule has 0 aliphatic heterocycles. The van der Waals surface area contributed by atoms with Gasteiger partial charge in [0.15, 0.2) is 11.6 Å². The van der Waals surface area contributed by atoms with E-state index >= 15 is 0 Å². The quantitative estimate of drug-likeness (QED) is 0.752. The van der Waals surface area contributed by atoms with E-state index in [1.807, 2.05) is 0 Å². The van der Waals surface area contributed by atoms with Gasteiger partial charge in [-0.1, -0.05) is 6.07 Å². The van der Waals surface area contributed by atoms with Gasteiger partial charge in [-0.25, -0.2) is 13.2 Å². The summed E-state index contributed by atoms with van der Waals surface area (Å²) in [5, 5.41) is 0. The van der Waals surface area contributed by atoms with E-state index in [9.17, 15) is 13.2 Å². The van der Waals surface area contributed by atoms with E-state index in [-0.39, 0.29) is 11.1 Å². The third-order valence-electron chi connectivity index (χ3n) is 2.59. The summed E-state index contributed by atoms with van der Waals surface area (Å²) in [5.41, 5.74) is 7.09. The lowest BCUT2D eigenvalue weighted by molar-refractivity contribution is 0.509. The van der Waals surface area contributed by atoms with Gasteiger partial charge < -0.3 is 5.73 Å². The number of anilines is 1. The molecule has 88 valence electrons. The van der Waals surface area contributed by atoms with Crippen LogP contribution in [0.3, 0.4) is 0 Å². The summed E-state index contributed by atoms with van der Waals surface area (Å²) in [7, 11) is 0. The smallest absolute Gasteiger partial charge is 0.159 e. The molecule has 0 atom stereocenters. The van der Waals surface area contributed by atoms with Gasteiger partial charge in [0, 0.05) is 11.3 Å². The monoisotopic (exact) mass is 237 g/mol. The van der Waals surface area contributed by atoms with Gasteiger partial charge in [-0.3, -0.25) is 0 Å².